The molecule has 4 nitrogen and oxygen atoms in total. The van der Waals surface area contributed by atoms with Gasteiger partial charge in [-0.15, -0.1) is 0 Å². The first-order valence-corrected chi connectivity index (χ1v) is 14.9. The van der Waals surface area contributed by atoms with Crippen molar-refractivity contribution in [3.05, 3.63) is 11.6 Å². The van der Waals surface area contributed by atoms with Crippen LogP contribution in [0.5, 0.6) is 0 Å². The van der Waals surface area contributed by atoms with Gasteiger partial charge in [-0.05, 0) is 97.7 Å². The number of carbonyl (C=O) groups is 1. The van der Waals surface area contributed by atoms with Gasteiger partial charge in [-0.3, -0.25) is 4.79 Å². The van der Waals surface area contributed by atoms with Crippen molar-refractivity contribution >= 4 is 5.97 Å². The van der Waals surface area contributed by atoms with E-state index in [0.29, 0.717) is 18.4 Å². The van der Waals surface area contributed by atoms with Crippen molar-refractivity contribution in [1.82, 2.24) is 0 Å². The fourth-order valence-corrected chi connectivity index (χ4v) is 11.2. The van der Waals surface area contributed by atoms with Gasteiger partial charge in [0.05, 0.1) is 24.2 Å². The van der Waals surface area contributed by atoms with E-state index in [1.54, 1.807) is 5.57 Å². The summed E-state index contributed by atoms with van der Waals surface area (Å²) in [5.41, 5.74) is 1.69. The Balaban J connectivity index is 1.44. The molecule has 4 heteroatoms. The number of fused-ring (bicyclic) bond motifs is 9. The number of hydrogen-bond donors (Lipinski definition) is 1. The van der Waals surface area contributed by atoms with Crippen LogP contribution in [-0.4, -0.2) is 36.0 Å². The van der Waals surface area contributed by atoms with Gasteiger partial charge < -0.3 is 14.6 Å². The van der Waals surface area contributed by atoms with Crippen LogP contribution in [0.1, 0.15) is 107 Å². The maximum absolute atomic E-state index is 13.6. The number of aliphatic hydroxyl groups is 1. The quantitative estimate of drug-likeness (QED) is 0.261. The summed E-state index contributed by atoms with van der Waals surface area (Å²) >= 11 is 0. The minimum atomic E-state index is -0.362. The molecule has 0 amide bonds. The molecule has 0 aromatic carbocycles. The zero-order valence-corrected chi connectivity index (χ0v) is 24.1. The summed E-state index contributed by atoms with van der Waals surface area (Å²) in [5, 5.41) is 11.1. The Labute approximate surface area is 219 Å². The van der Waals surface area contributed by atoms with Crippen molar-refractivity contribution < 1.29 is 19.4 Å². The molecule has 6 aliphatic rings. The van der Waals surface area contributed by atoms with Crippen molar-refractivity contribution in [2.24, 2.45) is 50.2 Å². The Morgan fingerprint density at radius 1 is 1.03 bits per heavy atom. The molecule has 0 aromatic heterocycles. The molecule has 1 N–H and O–H groups in total. The third kappa shape index (κ3) is 2.87. The van der Waals surface area contributed by atoms with E-state index < -0.39 is 0 Å². The lowest BCUT2D eigenvalue weighted by atomic mass is 9.33. The fourth-order valence-electron chi connectivity index (χ4n) is 11.2. The highest BCUT2D eigenvalue weighted by Crippen LogP contribution is 2.77. The summed E-state index contributed by atoms with van der Waals surface area (Å²) in [5.74, 6) is 1.35. The summed E-state index contributed by atoms with van der Waals surface area (Å²) < 4.78 is 12.1. The molecule has 6 rings (SSSR count). The summed E-state index contributed by atoms with van der Waals surface area (Å²) in [6.07, 6.45) is 11.0. The first kappa shape index (κ1) is 25.4. The lowest BCUT2D eigenvalue weighted by Gasteiger charge is -2.70. The molecule has 1 aliphatic heterocycles. The SMILES string of the molecule is CCOC(=O)[C@]12CCC(C)(C)C[C@H]1C1=CC[C@@H]3[C@@]4(C)[C@H]5O[C@H]5[C@H](O)C(C)(C)[C@@H]4CC[C@@]3(C)[C@]1(C)CC2. The van der Waals surface area contributed by atoms with Crippen LogP contribution in [0.25, 0.3) is 0 Å². The highest BCUT2D eigenvalue weighted by atomic mass is 16.6. The minimum Gasteiger partial charge on any atom is -0.466 e. The molecular formula is C32H50O4. The molecule has 4 saturated carbocycles. The molecule has 36 heavy (non-hydrogen) atoms. The number of aliphatic hydroxyl groups excluding tert-OH is 1. The third-order valence-corrected chi connectivity index (χ3v) is 13.6. The summed E-state index contributed by atoms with van der Waals surface area (Å²) in [4.78, 5) is 13.6. The van der Waals surface area contributed by atoms with E-state index in [2.05, 4.69) is 54.5 Å². The molecule has 0 bridgehead atoms. The number of rotatable bonds is 2. The van der Waals surface area contributed by atoms with Crippen LogP contribution in [0.2, 0.25) is 0 Å². The Morgan fingerprint density at radius 2 is 1.72 bits per heavy atom. The molecule has 5 aliphatic carbocycles. The van der Waals surface area contributed by atoms with E-state index >= 15 is 0 Å². The maximum atomic E-state index is 13.6. The van der Waals surface area contributed by atoms with Gasteiger partial charge >= 0.3 is 5.97 Å². The molecule has 0 unspecified atom stereocenters. The van der Waals surface area contributed by atoms with Crippen molar-refractivity contribution in [2.45, 2.75) is 125 Å². The topological polar surface area (TPSA) is 59.1 Å². The van der Waals surface area contributed by atoms with Crippen LogP contribution in [0.15, 0.2) is 11.6 Å². The van der Waals surface area contributed by atoms with Crippen LogP contribution in [-0.2, 0) is 14.3 Å². The molecule has 10 atom stereocenters. The average molecular weight is 499 g/mol. The number of epoxide rings is 1. The van der Waals surface area contributed by atoms with Crippen LogP contribution < -0.4 is 0 Å². The molecule has 202 valence electrons. The van der Waals surface area contributed by atoms with Gasteiger partial charge in [-0.25, -0.2) is 0 Å². The third-order valence-electron chi connectivity index (χ3n) is 13.6. The number of hydrogen-bond acceptors (Lipinski definition) is 4. The molecule has 0 spiro atoms. The van der Waals surface area contributed by atoms with Gasteiger partial charge in [0.15, 0.2) is 0 Å². The average Bonchev–Trinajstić information content (AvgIpc) is 3.60. The molecule has 0 radical (unpaired) electrons. The zero-order chi connectivity index (χ0) is 26.1. The second-order valence-corrected chi connectivity index (χ2v) is 15.7. The van der Waals surface area contributed by atoms with Gasteiger partial charge in [-0.1, -0.05) is 60.1 Å². The van der Waals surface area contributed by atoms with Gasteiger partial charge in [0.2, 0.25) is 0 Å². The normalized spacial score (nSPS) is 54.0. The number of ether oxygens (including phenoxy) is 2. The lowest BCUT2D eigenvalue weighted by molar-refractivity contribution is -0.198. The fraction of sp³-hybridized carbons (Fsp3) is 0.906. The Morgan fingerprint density at radius 3 is 2.42 bits per heavy atom. The molecular weight excluding hydrogens is 448 g/mol. The number of esters is 1. The van der Waals surface area contributed by atoms with Gasteiger partial charge in [0.25, 0.3) is 0 Å². The molecule has 0 aromatic rings. The largest absolute Gasteiger partial charge is 0.466 e. The van der Waals surface area contributed by atoms with Crippen molar-refractivity contribution in [3.63, 3.8) is 0 Å². The van der Waals surface area contributed by atoms with Crippen LogP contribution in [0, 0.1) is 50.2 Å². The molecule has 1 heterocycles. The van der Waals surface area contributed by atoms with Gasteiger partial charge in [0.1, 0.15) is 6.10 Å². The smallest absolute Gasteiger partial charge is 0.312 e. The summed E-state index contributed by atoms with van der Waals surface area (Å²) in [6, 6.07) is 0. The van der Waals surface area contributed by atoms with E-state index in [1.807, 2.05) is 6.92 Å². The predicted octanol–water partition coefficient (Wildman–Crippen LogP) is 6.70. The van der Waals surface area contributed by atoms with E-state index in [0.717, 1.165) is 44.9 Å². The highest BCUT2D eigenvalue weighted by molar-refractivity contribution is 5.78. The predicted molar refractivity (Wildman–Crippen MR) is 141 cm³/mol. The zero-order valence-electron chi connectivity index (χ0n) is 24.1. The van der Waals surface area contributed by atoms with Crippen LogP contribution in [0.4, 0.5) is 0 Å². The van der Waals surface area contributed by atoms with E-state index in [9.17, 15) is 9.90 Å². The van der Waals surface area contributed by atoms with E-state index in [1.165, 1.54) is 6.42 Å². The van der Waals surface area contributed by atoms with Gasteiger partial charge in [0, 0.05) is 5.41 Å². The Hall–Kier alpha value is -0.870. The number of carbonyl (C=O) groups excluding carboxylic acids is 1. The lowest BCUT2D eigenvalue weighted by Crippen LogP contribution is -2.67. The van der Waals surface area contributed by atoms with Crippen LogP contribution in [0.3, 0.4) is 0 Å². The second kappa shape index (κ2) is 7.40. The van der Waals surface area contributed by atoms with Crippen molar-refractivity contribution in [3.8, 4) is 0 Å². The Bertz CT molecular complexity index is 996. The molecule has 1 saturated heterocycles. The molecule has 5 fully saturated rings. The van der Waals surface area contributed by atoms with Crippen molar-refractivity contribution in [2.75, 3.05) is 6.61 Å². The summed E-state index contributed by atoms with van der Waals surface area (Å²) in [7, 11) is 0. The maximum Gasteiger partial charge on any atom is 0.312 e. The van der Waals surface area contributed by atoms with Crippen molar-refractivity contribution in [1.29, 1.82) is 0 Å². The van der Waals surface area contributed by atoms with E-state index in [4.69, 9.17) is 9.47 Å². The highest BCUT2D eigenvalue weighted by Gasteiger charge is 2.76. The standard InChI is InChI=1S/C32H50O4/c1-9-35-26(34)32-16-14-27(2,3)18-20(32)19-10-11-22-30(7,29(19,6)15-17-32)13-12-21-28(4,5)24(33)23-25(36-23)31(21,22)8/h10,20-25,33H,9,11-18H2,1-8H3/t20-,21-,22-,23-,24-,25-,29+,30+,31-,32-/m0/s1. The first-order valence-electron chi connectivity index (χ1n) is 14.9. The second-order valence-electron chi connectivity index (χ2n) is 15.7. The number of allylic oxidation sites excluding steroid dienone is 2. The summed E-state index contributed by atoms with van der Waals surface area (Å²) in [6.45, 7) is 19.4. The Kier molecular flexibility index (Phi) is 5.23. The monoisotopic (exact) mass is 498 g/mol. The van der Waals surface area contributed by atoms with Crippen LogP contribution >= 0.6 is 0 Å². The van der Waals surface area contributed by atoms with E-state index in [-0.39, 0.29) is 62.7 Å². The van der Waals surface area contributed by atoms with Gasteiger partial charge in [-0.2, -0.15) is 0 Å². The first-order chi connectivity index (χ1) is 16.7. The minimum absolute atomic E-state index is 0.00347.